The first kappa shape index (κ1) is 19.1. The van der Waals surface area contributed by atoms with Gasteiger partial charge in [-0.1, -0.05) is 0 Å². The Labute approximate surface area is 162 Å². The van der Waals surface area contributed by atoms with Gasteiger partial charge in [0, 0.05) is 17.9 Å². The summed E-state index contributed by atoms with van der Waals surface area (Å²) < 4.78 is 42.3. The number of ether oxygens (including phenoxy) is 1. The number of nitrogens with one attached hydrogen (secondary N) is 1. The minimum atomic E-state index is -4.78. The molecule has 0 bridgehead atoms. The standard InChI is InChI=1S/C18H17F3N6O2/c19-18(20,21)29-13-5-2-11(3-6-13)25-17(28)15-14-8-23-9-24-16(14)27(26-15)12-4-1-10(22)7-12/h2-3,5-6,8-10,12H,1,4,7,22H2,(H,25,28). The van der Waals surface area contributed by atoms with Crippen molar-refractivity contribution in [1.82, 2.24) is 19.7 Å². The van der Waals surface area contributed by atoms with Crippen LogP contribution in [0.25, 0.3) is 11.0 Å². The average Bonchev–Trinajstić information content (AvgIpc) is 3.26. The SMILES string of the molecule is NC1CCC(n2nc(C(=O)Nc3ccc(OC(F)(F)F)cc3)c3cncnc32)C1. The van der Waals surface area contributed by atoms with Crippen LogP contribution in [0.3, 0.4) is 0 Å². The second-order valence-electron chi connectivity index (χ2n) is 6.81. The maximum atomic E-state index is 12.8. The first-order valence-electron chi connectivity index (χ1n) is 8.91. The van der Waals surface area contributed by atoms with E-state index in [0.29, 0.717) is 16.7 Å². The largest absolute Gasteiger partial charge is 0.573 e. The number of fused-ring (bicyclic) bond motifs is 1. The summed E-state index contributed by atoms with van der Waals surface area (Å²) in [4.78, 5) is 21.0. The average molecular weight is 406 g/mol. The van der Waals surface area contributed by atoms with E-state index in [4.69, 9.17) is 5.73 Å². The number of aromatic nitrogens is 4. The minimum absolute atomic E-state index is 0.0442. The van der Waals surface area contributed by atoms with Crippen LogP contribution in [-0.2, 0) is 0 Å². The van der Waals surface area contributed by atoms with Crippen molar-refractivity contribution in [2.45, 2.75) is 37.7 Å². The third-order valence-corrected chi connectivity index (χ3v) is 4.72. The second kappa shape index (κ2) is 7.32. The van der Waals surface area contributed by atoms with Gasteiger partial charge in [0.05, 0.1) is 11.4 Å². The zero-order chi connectivity index (χ0) is 20.6. The van der Waals surface area contributed by atoms with Crippen molar-refractivity contribution in [3.8, 4) is 5.75 Å². The molecule has 3 N–H and O–H groups in total. The molecule has 152 valence electrons. The molecular formula is C18H17F3N6O2. The lowest BCUT2D eigenvalue weighted by atomic mass is 10.2. The molecular weight excluding hydrogens is 389 g/mol. The Morgan fingerprint density at radius 3 is 2.66 bits per heavy atom. The predicted molar refractivity (Wildman–Crippen MR) is 97.3 cm³/mol. The topological polar surface area (TPSA) is 108 Å². The normalized spacial score (nSPS) is 19.4. The van der Waals surface area contributed by atoms with Crippen molar-refractivity contribution in [2.75, 3.05) is 5.32 Å². The highest BCUT2D eigenvalue weighted by atomic mass is 19.4. The molecule has 2 heterocycles. The lowest BCUT2D eigenvalue weighted by Gasteiger charge is -2.10. The Hall–Kier alpha value is -3.21. The fourth-order valence-electron chi connectivity index (χ4n) is 3.45. The van der Waals surface area contributed by atoms with Crippen molar-refractivity contribution in [2.24, 2.45) is 5.73 Å². The van der Waals surface area contributed by atoms with E-state index < -0.39 is 12.3 Å². The lowest BCUT2D eigenvalue weighted by molar-refractivity contribution is -0.274. The number of halogens is 3. The van der Waals surface area contributed by atoms with Crippen molar-refractivity contribution < 1.29 is 22.7 Å². The number of rotatable bonds is 4. The molecule has 3 aromatic rings. The Morgan fingerprint density at radius 2 is 2.00 bits per heavy atom. The molecule has 1 aliphatic rings. The van der Waals surface area contributed by atoms with Crippen molar-refractivity contribution in [1.29, 1.82) is 0 Å². The van der Waals surface area contributed by atoms with E-state index in [9.17, 15) is 18.0 Å². The highest BCUT2D eigenvalue weighted by Gasteiger charge is 2.31. The smallest absolute Gasteiger partial charge is 0.406 e. The molecule has 11 heteroatoms. The summed E-state index contributed by atoms with van der Waals surface area (Å²) in [5.41, 5.74) is 6.97. The van der Waals surface area contributed by atoms with Gasteiger partial charge in [-0.2, -0.15) is 5.10 Å². The molecule has 1 saturated carbocycles. The van der Waals surface area contributed by atoms with Gasteiger partial charge in [-0.25, -0.2) is 14.6 Å². The summed E-state index contributed by atoms with van der Waals surface area (Å²) in [5, 5.41) is 7.55. The fourth-order valence-corrected chi connectivity index (χ4v) is 3.45. The summed E-state index contributed by atoms with van der Waals surface area (Å²) >= 11 is 0. The maximum Gasteiger partial charge on any atom is 0.573 e. The van der Waals surface area contributed by atoms with Crippen LogP contribution in [0.15, 0.2) is 36.8 Å². The van der Waals surface area contributed by atoms with E-state index in [0.717, 1.165) is 31.4 Å². The van der Waals surface area contributed by atoms with E-state index in [1.165, 1.54) is 24.7 Å². The lowest BCUT2D eigenvalue weighted by Crippen LogP contribution is -2.18. The molecule has 0 saturated heterocycles. The van der Waals surface area contributed by atoms with Crippen LogP contribution in [0.1, 0.15) is 35.8 Å². The highest BCUT2D eigenvalue weighted by Crippen LogP contribution is 2.31. The predicted octanol–water partition coefficient (Wildman–Crippen LogP) is 3.03. The van der Waals surface area contributed by atoms with Crippen LogP contribution in [0.5, 0.6) is 5.75 Å². The van der Waals surface area contributed by atoms with Gasteiger partial charge in [0.25, 0.3) is 5.91 Å². The number of benzene rings is 1. The Morgan fingerprint density at radius 1 is 1.24 bits per heavy atom. The third kappa shape index (κ3) is 4.14. The van der Waals surface area contributed by atoms with Gasteiger partial charge in [0.15, 0.2) is 11.3 Å². The molecule has 4 rings (SSSR count). The molecule has 2 atom stereocenters. The summed E-state index contributed by atoms with van der Waals surface area (Å²) in [7, 11) is 0. The quantitative estimate of drug-likeness (QED) is 0.690. The molecule has 29 heavy (non-hydrogen) atoms. The minimum Gasteiger partial charge on any atom is -0.406 e. The Balaban J connectivity index is 1.57. The number of hydrogen-bond donors (Lipinski definition) is 2. The molecule has 0 spiro atoms. The van der Waals surface area contributed by atoms with Gasteiger partial charge in [0.1, 0.15) is 12.1 Å². The van der Waals surface area contributed by atoms with E-state index in [-0.39, 0.29) is 23.5 Å². The number of hydrogen-bond acceptors (Lipinski definition) is 6. The Bertz CT molecular complexity index is 1030. The van der Waals surface area contributed by atoms with Gasteiger partial charge in [-0.3, -0.25) is 4.79 Å². The van der Waals surface area contributed by atoms with Crippen molar-refractivity contribution in [3.63, 3.8) is 0 Å². The number of nitrogens with two attached hydrogens (primary N) is 1. The number of carbonyl (C=O) groups is 1. The highest BCUT2D eigenvalue weighted by molar-refractivity contribution is 6.10. The van der Waals surface area contributed by atoms with Crippen LogP contribution >= 0.6 is 0 Å². The van der Waals surface area contributed by atoms with E-state index >= 15 is 0 Å². The fraction of sp³-hybridized carbons (Fsp3) is 0.333. The van der Waals surface area contributed by atoms with Gasteiger partial charge in [0.2, 0.25) is 0 Å². The van der Waals surface area contributed by atoms with Crippen molar-refractivity contribution in [3.05, 3.63) is 42.5 Å². The third-order valence-electron chi connectivity index (χ3n) is 4.72. The monoisotopic (exact) mass is 406 g/mol. The van der Waals surface area contributed by atoms with Crippen LogP contribution in [-0.4, -0.2) is 38.1 Å². The van der Waals surface area contributed by atoms with Crippen LogP contribution < -0.4 is 15.8 Å². The number of nitrogens with zero attached hydrogens (tertiary/aromatic N) is 4. The molecule has 8 nitrogen and oxygen atoms in total. The van der Waals surface area contributed by atoms with Crippen molar-refractivity contribution >= 4 is 22.6 Å². The second-order valence-corrected chi connectivity index (χ2v) is 6.81. The summed E-state index contributed by atoms with van der Waals surface area (Å²) in [6, 6.07) is 4.97. The van der Waals surface area contributed by atoms with E-state index in [2.05, 4.69) is 25.1 Å². The molecule has 1 amide bonds. The molecule has 0 aliphatic heterocycles. The first-order valence-corrected chi connectivity index (χ1v) is 8.91. The summed E-state index contributed by atoms with van der Waals surface area (Å²) in [6.07, 6.45) is 0.558. The molecule has 2 aromatic heterocycles. The molecule has 1 fully saturated rings. The maximum absolute atomic E-state index is 12.8. The molecule has 2 unspecified atom stereocenters. The summed E-state index contributed by atoms with van der Waals surface area (Å²) in [6.45, 7) is 0. The zero-order valence-electron chi connectivity index (χ0n) is 15.1. The summed E-state index contributed by atoms with van der Waals surface area (Å²) in [5.74, 6) is -0.897. The molecule has 1 aromatic carbocycles. The van der Waals surface area contributed by atoms with Crippen LogP contribution in [0, 0.1) is 0 Å². The first-order chi connectivity index (χ1) is 13.8. The van der Waals surface area contributed by atoms with Gasteiger partial charge in [-0.15, -0.1) is 13.2 Å². The van der Waals surface area contributed by atoms with E-state index in [1.54, 1.807) is 4.68 Å². The van der Waals surface area contributed by atoms with Gasteiger partial charge < -0.3 is 15.8 Å². The van der Waals surface area contributed by atoms with E-state index in [1.807, 2.05) is 0 Å². The number of amides is 1. The molecule has 0 radical (unpaired) electrons. The number of alkyl halides is 3. The Kier molecular flexibility index (Phi) is 4.82. The number of anilines is 1. The van der Waals surface area contributed by atoms with Crippen LogP contribution in [0.4, 0.5) is 18.9 Å². The zero-order valence-corrected chi connectivity index (χ0v) is 15.1. The number of carbonyl (C=O) groups excluding carboxylic acids is 1. The van der Waals surface area contributed by atoms with Gasteiger partial charge >= 0.3 is 6.36 Å². The van der Waals surface area contributed by atoms with Crippen LogP contribution in [0.2, 0.25) is 0 Å². The van der Waals surface area contributed by atoms with Gasteiger partial charge in [-0.05, 0) is 43.5 Å². The molecule has 1 aliphatic carbocycles.